The van der Waals surface area contributed by atoms with Crippen LogP contribution in [0.2, 0.25) is 0 Å². The van der Waals surface area contributed by atoms with Crippen LogP contribution < -0.4 is 11.1 Å². The summed E-state index contributed by atoms with van der Waals surface area (Å²) in [6, 6.07) is 5.82. The summed E-state index contributed by atoms with van der Waals surface area (Å²) in [4.78, 5) is 11.4. The molecule has 0 unspecified atom stereocenters. The molecule has 1 amide bonds. The maximum absolute atomic E-state index is 11.4. The molecular weight excluding hydrogens is 300 g/mol. The van der Waals surface area contributed by atoms with Crippen LogP contribution in [0.15, 0.2) is 22.7 Å². The van der Waals surface area contributed by atoms with E-state index in [1.54, 1.807) is 11.8 Å². The Morgan fingerprint density at radius 1 is 1.47 bits per heavy atom. The van der Waals surface area contributed by atoms with Crippen LogP contribution in [0.3, 0.4) is 0 Å². The molecule has 0 atom stereocenters. The zero-order valence-electron chi connectivity index (χ0n) is 9.83. The number of benzene rings is 1. The number of nitrogens with two attached hydrogens (primary N) is 1. The third kappa shape index (κ3) is 5.98. The monoisotopic (exact) mass is 316 g/mol. The SMILES string of the molecule is CCCNC(=O)CSCc1cc(N)cc(Br)c1. The van der Waals surface area contributed by atoms with Crippen LogP contribution in [0, 0.1) is 0 Å². The van der Waals surface area contributed by atoms with Crippen LogP contribution in [0.4, 0.5) is 5.69 Å². The first-order valence-corrected chi connectivity index (χ1v) is 7.46. The molecule has 0 radical (unpaired) electrons. The van der Waals surface area contributed by atoms with Gasteiger partial charge in [-0.15, -0.1) is 11.8 Å². The molecule has 0 heterocycles. The Bertz CT molecular complexity index is 365. The Morgan fingerprint density at radius 3 is 2.88 bits per heavy atom. The third-order valence-corrected chi connectivity index (χ3v) is 3.52. The van der Waals surface area contributed by atoms with Gasteiger partial charge >= 0.3 is 0 Å². The lowest BCUT2D eigenvalue weighted by Gasteiger charge is -2.05. The van der Waals surface area contributed by atoms with Gasteiger partial charge < -0.3 is 11.1 Å². The van der Waals surface area contributed by atoms with Gasteiger partial charge in [0, 0.05) is 22.5 Å². The lowest BCUT2D eigenvalue weighted by molar-refractivity contribution is -0.118. The maximum Gasteiger partial charge on any atom is 0.230 e. The molecule has 3 nitrogen and oxygen atoms in total. The number of hydrogen-bond donors (Lipinski definition) is 2. The predicted octanol–water partition coefficient (Wildman–Crippen LogP) is 2.79. The maximum atomic E-state index is 11.4. The number of nitrogens with one attached hydrogen (secondary N) is 1. The van der Waals surface area contributed by atoms with Gasteiger partial charge in [-0.3, -0.25) is 4.79 Å². The third-order valence-electron chi connectivity index (χ3n) is 2.05. The second-order valence-corrected chi connectivity index (χ2v) is 5.64. The van der Waals surface area contributed by atoms with E-state index < -0.39 is 0 Å². The van der Waals surface area contributed by atoms with Crippen molar-refractivity contribution >= 4 is 39.3 Å². The van der Waals surface area contributed by atoms with E-state index in [4.69, 9.17) is 5.73 Å². The van der Waals surface area contributed by atoms with E-state index in [1.165, 1.54) is 0 Å². The fraction of sp³-hybridized carbons (Fsp3) is 0.417. The van der Waals surface area contributed by atoms with Gasteiger partial charge in [0.15, 0.2) is 0 Å². The van der Waals surface area contributed by atoms with Crippen molar-refractivity contribution in [2.45, 2.75) is 19.1 Å². The highest BCUT2D eigenvalue weighted by Crippen LogP contribution is 2.20. The molecule has 0 aliphatic carbocycles. The van der Waals surface area contributed by atoms with Gasteiger partial charge in [0.2, 0.25) is 5.91 Å². The molecule has 0 spiro atoms. The fourth-order valence-electron chi connectivity index (χ4n) is 1.34. The second-order valence-electron chi connectivity index (χ2n) is 3.74. The van der Waals surface area contributed by atoms with Crippen molar-refractivity contribution in [3.8, 4) is 0 Å². The minimum Gasteiger partial charge on any atom is -0.399 e. The van der Waals surface area contributed by atoms with E-state index in [1.807, 2.05) is 25.1 Å². The molecule has 5 heteroatoms. The number of hydrogen-bond acceptors (Lipinski definition) is 3. The average Bonchev–Trinajstić information content (AvgIpc) is 2.25. The fourth-order valence-corrected chi connectivity index (χ4v) is 2.69. The molecule has 3 N–H and O–H groups in total. The summed E-state index contributed by atoms with van der Waals surface area (Å²) in [5, 5.41) is 2.85. The van der Waals surface area contributed by atoms with Gasteiger partial charge in [-0.2, -0.15) is 0 Å². The summed E-state index contributed by atoms with van der Waals surface area (Å²) >= 11 is 4.99. The molecule has 1 aromatic rings. The molecular formula is C12H17BrN2OS. The molecule has 94 valence electrons. The molecule has 0 aliphatic rings. The zero-order valence-corrected chi connectivity index (χ0v) is 12.2. The first kappa shape index (κ1) is 14.4. The van der Waals surface area contributed by atoms with Crippen molar-refractivity contribution in [2.75, 3.05) is 18.0 Å². The summed E-state index contributed by atoms with van der Waals surface area (Å²) in [6.45, 7) is 2.79. The van der Waals surface area contributed by atoms with E-state index in [-0.39, 0.29) is 5.91 Å². The standard InChI is InChI=1S/C12H17BrN2OS/c1-2-3-15-12(16)8-17-7-9-4-10(13)6-11(14)5-9/h4-6H,2-3,7-8,14H2,1H3,(H,15,16). The smallest absolute Gasteiger partial charge is 0.230 e. The van der Waals surface area contributed by atoms with Gasteiger partial charge in [-0.05, 0) is 30.2 Å². The molecule has 1 rings (SSSR count). The summed E-state index contributed by atoms with van der Waals surface area (Å²) in [5.74, 6) is 1.38. The van der Waals surface area contributed by atoms with Crippen LogP contribution >= 0.6 is 27.7 Å². The summed E-state index contributed by atoms with van der Waals surface area (Å²) in [5.41, 5.74) is 7.61. The van der Waals surface area contributed by atoms with Crippen molar-refractivity contribution in [3.05, 3.63) is 28.2 Å². The van der Waals surface area contributed by atoms with Crippen molar-refractivity contribution in [2.24, 2.45) is 0 Å². The first-order chi connectivity index (χ1) is 8.11. The Labute approximate surface area is 115 Å². The van der Waals surface area contributed by atoms with Crippen LogP contribution in [0.1, 0.15) is 18.9 Å². The summed E-state index contributed by atoms with van der Waals surface area (Å²) in [6.07, 6.45) is 0.971. The minimum atomic E-state index is 0.0971. The predicted molar refractivity (Wildman–Crippen MR) is 78.0 cm³/mol. The number of amides is 1. The van der Waals surface area contributed by atoms with Crippen molar-refractivity contribution in [1.29, 1.82) is 0 Å². The van der Waals surface area contributed by atoms with Gasteiger partial charge in [0.1, 0.15) is 0 Å². The molecule has 0 saturated heterocycles. The Kier molecular flexibility index (Phi) is 6.44. The Morgan fingerprint density at radius 2 is 2.24 bits per heavy atom. The Balaban J connectivity index is 2.33. The van der Waals surface area contributed by atoms with Gasteiger partial charge in [0.05, 0.1) is 5.75 Å². The number of carbonyl (C=O) groups is 1. The van der Waals surface area contributed by atoms with E-state index in [0.717, 1.165) is 34.4 Å². The van der Waals surface area contributed by atoms with Crippen LogP contribution in [0.5, 0.6) is 0 Å². The zero-order chi connectivity index (χ0) is 12.7. The Hall–Kier alpha value is -0.680. The van der Waals surface area contributed by atoms with E-state index in [0.29, 0.717) is 5.75 Å². The first-order valence-electron chi connectivity index (χ1n) is 5.51. The minimum absolute atomic E-state index is 0.0971. The second kappa shape index (κ2) is 7.61. The molecule has 0 saturated carbocycles. The van der Waals surface area contributed by atoms with Gasteiger partial charge in [0.25, 0.3) is 0 Å². The number of carbonyl (C=O) groups excluding carboxylic acids is 1. The molecule has 1 aromatic carbocycles. The number of halogens is 1. The van der Waals surface area contributed by atoms with Crippen LogP contribution in [-0.2, 0) is 10.5 Å². The normalized spacial score (nSPS) is 10.2. The lowest BCUT2D eigenvalue weighted by atomic mass is 10.2. The largest absolute Gasteiger partial charge is 0.399 e. The van der Waals surface area contributed by atoms with Gasteiger partial charge in [-0.1, -0.05) is 22.9 Å². The van der Waals surface area contributed by atoms with E-state index in [2.05, 4.69) is 21.2 Å². The number of anilines is 1. The van der Waals surface area contributed by atoms with Crippen molar-refractivity contribution < 1.29 is 4.79 Å². The van der Waals surface area contributed by atoms with Crippen LogP contribution in [0.25, 0.3) is 0 Å². The molecule has 0 aromatic heterocycles. The molecule has 0 bridgehead atoms. The van der Waals surface area contributed by atoms with Crippen molar-refractivity contribution in [3.63, 3.8) is 0 Å². The average molecular weight is 317 g/mol. The highest BCUT2D eigenvalue weighted by molar-refractivity contribution is 9.10. The summed E-state index contributed by atoms with van der Waals surface area (Å²) in [7, 11) is 0. The molecule has 0 fully saturated rings. The highest BCUT2D eigenvalue weighted by Gasteiger charge is 2.02. The van der Waals surface area contributed by atoms with Crippen molar-refractivity contribution in [1.82, 2.24) is 5.32 Å². The molecule has 0 aliphatic heterocycles. The number of nitrogen functional groups attached to an aromatic ring is 1. The van der Waals surface area contributed by atoms with E-state index in [9.17, 15) is 4.79 Å². The molecule has 17 heavy (non-hydrogen) atoms. The van der Waals surface area contributed by atoms with Crippen LogP contribution in [-0.4, -0.2) is 18.2 Å². The topological polar surface area (TPSA) is 55.1 Å². The van der Waals surface area contributed by atoms with Gasteiger partial charge in [-0.25, -0.2) is 0 Å². The number of rotatable bonds is 6. The quantitative estimate of drug-likeness (QED) is 0.793. The lowest BCUT2D eigenvalue weighted by Crippen LogP contribution is -2.25. The highest BCUT2D eigenvalue weighted by atomic mass is 79.9. The van der Waals surface area contributed by atoms with E-state index >= 15 is 0 Å². The number of thioether (sulfide) groups is 1. The summed E-state index contributed by atoms with van der Waals surface area (Å²) < 4.78 is 0.975.